The molecule has 0 saturated heterocycles. The maximum Gasteiger partial charge on any atom is 0.251 e. The molecule has 0 bridgehead atoms. The van der Waals surface area contributed by atoms with Gasteiger partial charge in [-0.1, -0.05) is 6.07 Å². The van der Waals surface area contributed by atoms with E-state index in [0.29, 0.717) is 17.8 Å². The van der Waals surface area contributed by atoms with Gasteiger partial charge in [-0.05, 0) is 29.9 Å². The highest BCUT2D eigenvalue weighted by atomic mass is 16.3. The van der Waals surface area contributed by atoms with E-state index >= 15 is 0 Å². The summed E-state index contributed by atoms with van der Waals surface area (Å²) >= 11 is 0. The third-order valence-electron chi connectivity index (χ3n) is 2.04. The summed E-state index contributed by atoms with van der Waals surface area (Å²) in [6.07, 6.45) is 0. The van der Waals surface area contributed by atoms with E-state index in [1.165, 1.54) is 13.1 Å². The molecule has 80 valence electrons. The smallest absolute Gasteiger partial charge is 0.251 e. The second-order valence-corrected chi connectivity index (χ2v) is 3.04. The summed E-state index contributed by atoms with van der Waals surface area (Å²) < 4.78 is 0. The summed E-state index contributed by atoms with van der Waals surface area (Å²) in [6.45, 7) is 0.551. The molecule has 0 heterocycles. The van der Waals surface area contributed by atoms with Crippen LogP contribution in [0.1, 0.15) is 15.9 Å². The number of benzene rings is 1. The molecule has 1 rings (SSSR count). The predicted octanol–water partition coefficient (Wildman–Crippen LogP) is 1.16. The van der Waals surface area contributed by atoms with E-state index < -0.39 is 0 Å². The molecule has 0 radical (unpaired) electrons. The average Bonchev–Trinajstić information content (AvgIpc) is 2.29. The van der Waals surface area contributed by atoms with Crippen molar-refractivity contribution in [2.45, 2.75) is 6.54 Å². The molecule has 0 aliphatic heterocycles. The average molecular weight is 207 g/mol. The van der Waals surface area contributed by atoms with E-state index in [9.17, 15) is 9.70 Å². The van der Waals surface area contributed by atoms with Crippen LogP contribution >= 0.6 is 0 Å². The number of nitrogens with one attached hydrogen (secondary N) is 2. The van der Waals surface area contributed by atoms with E-state index in [1.807, 2.05) is 0 Å². The zero-order chi connectivity index (χ0) is 11.3. The number of amides is 1. The Morgan fingerprint density at radius 3 is 2.67 bits per heavy atom. The second-order valence-electron chi connectivity index (χ2n) is 3.04. The van der Waals surface area contributed by atoms with Crippen LogP contribution in [0.25, 0.3) is 0 Å². The Bertz CT molecular complexity index is 377. The largest absolute Gasteiger partial charge is 0.355 e. The maximum atomic E-state index is 11.3. The fourth-order valence-corrected chi connectivity index (χ4v) is 1.27. The van der Waals surface area contributed by atoms with Crippen LogP contribution in [0, 0.1) is 4.91 Å². The van der Waals surface area contributed by atoms with Crippen molar-refractivity contribution in [2.75, 3.05) is 14.1 Å². The van der Waals surface area contributed by atoms with Crippen molar-refractivity contribution in [3.05, 3.63) is 34.2 Å². The van der Waals surface area contributed by atoms with Crippen molar-refractivity contribution in [3.63, 3.8) is 0 Å². The molecule has 1 aromatic rings. The minimum atomic E-state index is -0.226. The van der Waals surface area contributed by atoms with E-state index in [-0.39, 0.29) is 5.91 Å². The number of nitroso groups, excluding NO2 is 1. The zero-order valence-corrected chi connectivity index (χ0v) is 8.70. The Morgan fingerprint density at radius 1 is 1.40 bits per heavy atom. The quantitative estimate of drug-likeness (QED) is 0.728. The van der Waals surface area contributed by atoms with Gasteiger partial charge in [-0.2, -0.15) is 0 Å². The van der Waals surface area contributed by atoms with Gasteiger partial charge in [0.25, 0.3) is 5.91 Å². The summed E-state index contributed by atoms with van der Waals surface area (Å²) in [7, 11) is 3.32. The van der Waals surface area contributed by atoms with Gasteiger partial charge in [-0.15, -0.1) is 4.91 Å². The van der Waals surface area contributed by atoms with Crippen LogP contribution in [0.4, 0.5) is 5.69 Å². The first-order valence-electron chi connectivity index (χ1n) is 4.56. The monoisotopic (exact) mass is 207 g/mol. The lowest BCUT2D eigenvalue weighted by Crippen LogP contribution is -2.17. The lowest BCUT2D eigenvalue weighted by Gasteiger charge is -2.05. The normalized spacial score (nSPS) is 9.73. The Morgan fingerprint density at radius 2 is 2.13 bits per heavy atom. The van der Waals surface area contributed by atoms with Gasteiger partial charge in [0.2, 0.25) is 0 Å². The van der Waals surface area contributed by atoms with E-state index in [2.05, 4.69) is 15.8 Å². The van der Waals surface area contributed by atoms with Gasteiger partial charge >= 0.3 is 0 Å². The third-order valence-corrected chi connectivity index (χ3v) is 2.04. The molecule has 5 nitrogen and oxygen atoms in total. The number of hydrogen-bond donors (Lipinski definition) is 2. The van der Waals surface area contributed by atoms with Crippen molar-refractivity contribution < 1.29 is 4.79 Å². The van der Waals surface area contributed by atoms with E-state index in [4.69, 9.17) is 0 Å². The molecule has 0 aliphatic carbocycles. The lowest BCUT2D eigenvalue weighted by molar-refractivity contribution is 0.0963. The van der Waals surface area contributed by atoms with Crippen LogP contribution in [0.15, 0.2) is 23.4 Å². The van der Waals surface area contributed by atoms with Crippen LogP contribution in [-0.2, 0) is 6.54 Å². The molecule has 0 aromatic heterocycles. The van der Waals surface area contributed by atoms with Gasteiger partial charge in [-0.25, -0.2) is 0 Å². The highest BCUT2D eigenvalue weighted by Gasteiger charge is 2.08. The lowest BCUT2D eigenvalue weighted by atomic mass is 10.1. The van der Waals surface area contributed by atoms with Crippen LogP contribution in [0.2, 0.25) is 0 Å². The van der Waals surface area contributed by atoms with Crippen LogP contribution in [0.5, 0.6) is 0 Å². The summed E-state index contributed by atoms with van der Waals surface area (Å²) in [5, 5.41) is 8.30. The molecule has 0 aliphatic rings. The predicted molar refractivity (Wildman–Crippen MR) is 58.1 cm³/mol. The van der Waals surface area contributed by atoms with Gasteiger partial charge in [0, 0.05) is 19.2 Å². The van der Waals surface area contributed by atoms with Crippen molar-refractivity contribution in [1.29, 1.82) is 0 Å². The highest BCUT2D eigenvalue weighted by Crippen LogP contribution is 2.20. The Kier molecular flexibility index (Phi) is 3.93. The number of hydrogen-bond acceptors (Lipinski definition) is 4. The number of nitrogens with zero attached hydrogens (tertiary/aromatic N) is 1. The van der Waals surface area contributed by atoms with Crippen LogP contribution in [-0.4, -0.2) is 20.0 Å². The van der Waals surface area contributed by atoms with Crippen molar-refractivity contribution in [3.8, 4) is 0 Å². The first-order valence-corrected chi connectivity index (χ1v) is 4.56. The summed E-state index contributed by atoms with van der Waals surface area (Å²) in [5.74, 6) is -0.226. The number of carbonyl (C=O) groups is 1. The van der Waals surface area contributed by atoms with Gasteiger partial charge in [0.05, 0.1) is 0 Å². The molecule has 0 fully saturated rings. The van der Waals surface area contributed by atoms with Gasteiger partial charge < -0.3 is 10.6 Å². The maximum absolute atomic E-state index is 11.3. The molecule has 0 saturated carbocycles. The first-order chi connectivity index (χ1) is 7.22. The van der Waals surface area contributed by atoms with Crippen molar-refractivity contribution in [2.24, 2.45) is 5.18 Å². The van der Waals surface area contributed by atoms with Crippen molar-refractivity contribution >= 4 is 11.6 Å². The number of rotatable bonds is 4. The SMILES string of the molecule is CNCc1ccc(C(=O)NC)cc1N=O. The Hall–Kier alpha value is -1.75. The Balaban J connectivity index is 3.07. The summed E-state index contributed by atoms with van der Waals surface area (Å²) in [4.78, 5) is 21.8. The second kappa shape index (κ2) is 5.21. The van der Waals surface area contributed by atoms with Crippen LogP contribution < -0.4 is 10.6 Å². The topological polar surface area (TPSA) is 70.6 Å². The van der Waals surface area contributed by atoms with Crippen LogP contribution in [0.3, 0.4) is 0 Å². The minimum Gasteiger partial charge on any atom is -0.355 e. The molecular formula is C10H13N3O2. The fraction of sp³-hybridized carbons (Fsp3) is 0.300. The van der Waals surface area contributed by atoms with Crippen molar-refractivity contribution in [1.82, 2.24) is 10.6 Å². The van der Waals surface area contributed by atoms with Gasteiger partial charge in [0.15, 0.2) is 0 Å². The fourth-order valence-electron chi connectivity index (χ4n) is 1.27. The molecular weight excluding hydrogens is 194 g/mol. The molecule has 1 aromatic carbocycles. The molecule has 0 spiro atoms. The molecule has 5 heteroatoms. The minimum absolute atomic E-state index is 0.226. The summed E-state index contributed by atoms with van der Waals surface area (Å²) in [6, 6.07) is 4.87. The van der Waals surface area contributed by atoms with Gasteiger partial charge in [0.1, 0.15) is 5.69 Å². The molecule has 0 atom stereocenters. The van der Waals surface area contributed by atoms with E-state index in [0.717, 1.165) is 5.56 Å². The molecule has 0 unspecified atom stereocenters. The standard InChI is InChI=1S/C10H13N3O2/c1-11-6-8-4-3-7(10(14)12-2)5-9(8)13-15/h3-5,11H,6H2,1-2H3,(H,12,14). The zero-order valence-electron chi connectivity index (χ0n) is 8.70. The Labute approximate surface area is 87.8 Å². The molecule has 1 amide bonds. The highest BCUT2D eigenvalue weighted by molar-refractivity contribution is 5.94. The molecule has 2 N–H and O–H groups in total. The number of carbonyl (C=O) groups excluding carboxylic acids is 1. The molecule has 15 heavy (non-hydrogen) atoms. The van der Waals surface area contributed by atoms with E-state index in [1.54, 1.807) is 19.2 Å². The summed E-state index contributed by atoms with van der Waals surface area (Å²) in [5.41, 5.74) is 1.51. The third kappa shape index (κ3) is 2.60. The van der Waals surface area contributed by atoms with Gasteiger partial charge in [-0.3, -0.25) is 4.79 Å². The first kappa shape index (κ1) is 11.3.